The Morgan fingerprint density at radius 2 is 1.94 bits per heavy atom. The molecule has 31 heavy (non-hydrogen) atoms. The van der Waals surface area contributed by atoms with Gasteiger partial charge in [0.15, 0.2) is 0 Å². The van der Waals surface area contributed by atoms with Crippen molar-refractivity contribution in [1.29, 1.82) is 0 Å². The average Bonchev–Trinajstić information content (AvgIpc) is 3.23. The van der Waals surface area contributed by atoms with Crippen molar-refractivity contribution in [2.45, 2.75) is 17.9 Å². The summed E-state index contributed by atoms with van der Waals surface area (Å²) in [6.45, 7) is 4.87. The first-order valence-corrected chi connectivity index (χ1v) is 10.5. The zero-order valence-corrected chi connectivity index (χ0v) is 17.1. The van der Waals surface area contributed by atoms with Gasteiger partial charge in [0.2, 0.25) is 21.7 Å². The molecule has 8 nitrogen and oxygen atoms in total. The lowest BCUT2D eigenvalue weighted by Gasteiger charge is -2.11. The molecule has 0 aliphatic heterocycles. The van der Waals surface area contributed by atoms with Gasteiger partial charge >= 0.3 is 0 Å². The number of benzene rings is 2. The van der Waals surface area contributed by atoms with Crippen molar-refractivity contribution in [2.24, 2.45) is 0 Å². The summed E-state index contributed by atoms with van der Waals surface area (Å²) in [6.07, 6.45) is 1.30. The number of rotatable bonds is 8. The van der Waals surface area contributed by atoms with E-state index < -0.39 is 38.5 Å². The van der Waals surface area contributed by atoms with Crippen LogP contribution < -0.4 is 10.0 Å². The lowest BCUT2D eigenvalue weighted by Crippen LogP contribution is -2.28. The molecular weight excluding hydrogens is 430 g/mol. The number of nitrogens with zero attached hydrogens (tertiary/aromatic N) is 2. The monoisotopic (exact) mass is 448 g/mol. The van der Waals surface area contributed by atoms with Crippen LogP contribution in [0, 0.1) is 11.6 Å². The molecule has 0 radical (unpaired) electrons. The van der Waals surface area contributed by atoms with Gasteiger partial charge in [0.1, 0.15) is 22.6 Å². The first-order chi connectivity index (χ1) is 14.7. The highest BCUT2D eigenvalue weighted by atomic mass is 32.2. The van der Waals surface area contributed by atoms with Gasteiger partial charge in [-0.3, -0.25) is 4.79 Å². The third-order valence-corrected chi connectivity index (χ3v) is 5.60. The quantitative estimate of drug-likeness (QED) is 0.512. The Kier molecular flexibility index (Phi) is 6.56. The molecule has 0 saturated heterocycles. The van der Waals surface area contributed by atoms with E-state index in [9.17, 15) is 22.0 Å². The lowest BCUT2D eigenvalue weighted by atomic mass is 10.2. The number of halogens is 2. The van der Waals surface area contributed by atoms with E-state index in [0.29, 0.717) is 5.56 Å². The SMILES string of the molecule is C=CCNS(=O)(=O)c1cc(C(=O)NC(C)c2nc(-c3ccc(F)cc3)no2)ccc1F. The van der Waals surface area contributed by atoms with Crippen LogP contribution in [-0.4, -0.2) is 31.0 Å². The van der Waals surface area contributed by atoms with E-state index in [1.165, 1.54) is 30.3 Å². The van der Waals surface area contributed by atoms with Gasteiger partial charge < -0.3 is 9.84 Å². The first kappa shape index (κ1) is 22.2. The van der Waals surface area contributed by atoms with Crippen LogP contribution in [-0.2, 0) is 10.0 Å². The fourth-order valence-electron chi connectivity index (χ4n) is 2.57. The number of amides is 1. The van der Waals surface area contributed by atoms with E-state index in [0.717, 1.165) is 18.2 Å². The summed E-state index contributed by atoms with van der Waals surface area (Å²) in [7, 11) is -4.16. The number of nitrogens with one attached hydrogen (secondary N) is 2. The second-order valence-electron chi connectivity index (χ2n) is 6.44. The van der Waals surface area contributed by atoms with Crippen molar-refractivity contribution in [1.82, 2.24) is 20.2 Å². The second kappa shape index (κ2) is 9.14. The Hall–Kier alpha value is -3.44. The molecule has 162 valence electrons. The van der Waals surface area contributed by atoms with E-state index >= 15 is 0 Å². The number of sulfonamides is 1. The van der Waals surface area contributed by atoms with Crippen LogP contribution in [0.1, 0.15) is 29.2 Å². The van der Waals surface area contributed by atoms with Gasteiger partial charge in [0, 0.05) is 17.7 Å². The highest BCUT2D eigenvalue weighted by molar-refractivity contribution is 7.89. The zero-order valence-electron chi connectivity index (χ0n) is 16.3. The van der Waals surface area contributed by atoms with Crippen LogP contribution in [0.25, 0.3) is 11.4 Å². The summed E-state index contributed by atoms with van der Waals surface area (Å²) in [5.41, 5.74) is 0.445. The summed E-state index contributed by atoms with van der Waals surface area (Å²) < 4.78 is 58.8. The molecule has 0 aliphatic rings. The molecule has 2 N–H and O–H groups in total. The normalized spacial score (nSPS) is 12.4. The molecule has 3 aromatic rings. The Bertz CT molecular complexity index is 1210. The predicted octanol–water partition coefficient (Wildman–Crippen LogP) is 2.97. The van der Waals surface area contributed by atoms with Gasteiger partial charge in [0.05, 0.1) is 0 Å². The van der Waals surface area contributed by atoms with Gasteiger partial charge in [-0.05, 0) is 49.4 Å². The molecule has 1 amide bonds. The maximum absolute atomic E-state index is 14.0. The van der Waals surface area contributed by atoms with Crippen molar-refractivity contribution < 1.29 is 26.5 Å². The summed E-state index contributed by atoms with van der Waals surface area (Å²) in [5.74, 6) is -1.79. The highest BCUT2D eigenvalue weighted by Gasteiger charge is 2.23. The van der Waals surface area contributed by atoms with E-state index in [1.54, 1.807) is 6.92 Å². The standard InChI is InChI=1S/C20H18F2N4O4S/c1-3-10-23-31(28,29)17-11-14(6-9-16(17)22)19(27)24-12(2)20-25-18(26-30-20)13-4-7-15(21)8-5-13/h3-9,11-12,23H,1,10H2,2H3,(H,24,27). The van der Waals surface area contributed by atoms with Crippen LogP contribution in [0.3, 0.4) is 0 Å². The third kappa shape index (κ3) is 5.19. The molecule has 1 atom stereocenters. The number of hydrogen-bond acceptors (Lipinski definition) is 6. The van der Waals surface area contributed by atoms with Crippen LogP contribution in [0.5, 0.6) is 0 Å². The highest BCUT2D eigenvalue weighted by Crippen LogP contribution is 2.20. The molecule has 0 bridgehead atoms. The lowest BCUT2D eigenvalue weighted by molar-refractivity contribution is 0.0932. The van der Waals surface area contributed by atoms with Crippen LogP contribution in [0.15, 0.2) is 64.5 Å². The molecule has 0 saturated carbocycles. The largest absolute Gasteiger partial charge is 0.341 e. The molecule has 11 heteroatoms. The number of hydrogen-bond donors (Lipinski definition) is 2. The summed E-state index contributed by atoms with van der Waals surface area (Å²) >= 11 is 0. The molecule has 3 rings (SSSR count). The van der Waals surface area contributed by atoms with Crippen molar-refractivity contribution >= 4 is 15.9 Å². The van der Waals surface area contributed by atoms with Gasteiger partial charge in [0.25, 0.3) is 5.91 Å². The number of aromatic nitrogens is 2. The molecular formula is C20H18F2N4O4S. The summed E-state index contributed by atoms with van der Waals surface area (Å²) in [4.78, 5) is 16.1. The molecule has 0 fully saturated rings. The van der Waals surface area contributed by atoms with Crippen LogP contribution >= 0.6 is 0 Å². The maximum atomic E-state index is 14.0. The first-order valence-electron chi connectivity index (χ1n) is 9.02. The van der Waals surface area contributed by atoms with Gasteiger partial charge in [-0.1, -0.05) is 11.2 Å². The number of carbonyl (C=O) groups excluding carboxylic acids is 1. The zero-order chi connectivity index (χ0) is 22.6. The van der Waals surface area contributed by atoms with Crippen molar-refractivity contribution in [3.05, 3.63) is 78.2 Å². The smallest absolute Gasteiger partial charge is 0.251 e. The molecule has 1 aromatic heterocycles. The average molecular weight is 448 g/mol. The molecule has 1 unspecified atom stereocenters. The van der Waals surface area contributed by atoms with Crippen molar-refractivity contribution in [3.8, 4) is 11.4 Å². The topological polar surface area (TPSA) is 114 Å². The third-order valence-electron chi connectivity index (χ3n) is 4.16. The van der Waals surface area contributed by atoms with Crippen LogP contribution in [0.2, 0.25) is 0 Å². The molecule has 2 aromatic carbocycles. The minimum absolute atomic E-state index is 0.0782. The van der Waals surface area contributed by atoms with Crippen molar-refractivity contribution in [2.75, 3.05) is 6.54 Å². The Balaban J connectivity index is 1.76. The predicted molar refractivity (Wildman–Crippen MR) is 107 cm³/mol. The van der Waals surface area contributed by atoms with E-state index in [2.05, 4.69) is 26.8 Å². The van der Waals surface area contributed by atoms with Crippen molar-refractivity contribution in [3.63, 3.8) is 0 Å². The Labute approximate surface area is 177 Å². The number of carbonyl (C=O) groups is 1. The van der Waals surface area contributed by atoms with Gasteiger partial charge in [-0.15, -0.1) is 6.58 Å². The minimum Gasteiger partial charge on any atom is -0.341 e. The summed E-state index contributed by atoms with van der Waals surface area (Å²) in [5, 5.41) is 6.38. The molecule has 1 heterocycles. The van der Waals surface area contributed by atoms with Crippen LogP contribution in [0.4, 0.5) is 8.78 Å². The maximum Gasteiger partial charge on any atom is 0.251 e. The van der Waals surface area contributed by atoms with E-state index in [1.807, 2.05) is 0 Å². The molecule has 0 aliphatic carbocycles. The second-order valence-corrected chi connectivity index (χ2v) is 8.18. The van der Waals surface area contributed by atoms with Gasteiger partial charge in [-0.25, -0.2) is 21.9 Å². The fraction of sp³-hybridized carbons (Fsp3) is 0.150. The Morgan fingerprint density at radius 1 is 1.23 bits per heavy atom. The Morgan fingerprint density at radius 3 is 2.61 bits per heavy atom. The minimum atomic E-state index is -4.16. The van der Waals surface area contributed by atoms with E-state index in [-0.39, 0.29) is 23.8 Å². The van der Waals surface area contributed by atoms with E-state index in [4.69, 9.17) is 4.52 Å². The van der Waals surface area contributed by atoms with Gasteiger partial charge in [-0.2, -0.15) is 4.98 Å². The molecule has 0 spiro atoms. The fourth-order valence-corrected chi connectivity index (χ4v) is 3.67. The summed E-state index contributed by atoms with van der Waals surface area (Å²) in [6, 6.07) is 7.70.